The average Bonchev–Trinajstić information content (AvgIpc) is 3.21. The standard InChI is InChI=1S/C22H29N5O3.HI/c1-23-22(26-14-17-7-8-19-20(12-17)30-15-29-19)25-13-16-5-4-6-18(11-16)21(28)24-9-10-27(2)3;/h4-8,11-12H,9-10,13-15H2,1-3H3,(H,24,28)(H2,23,25,26);1H. The minimum atomic E-state index is -0.0657. The first kappa shape index (κ1) is 24.7. The van der Waals surface area contributed by atoms with Crippen LogP contribution >= 0.6 is 24.0 Å². The van der Waals surface area contributed by atoms with Crippen molar-refractivity contribution in [1.82, 2.24) is 20.9 Å². The van der Waals surface area contributed by atoms with Gasteiger partial charge in [0, 0.05) is 38.8 Å². The summed E-state index contributed by atoms with van der Waals surface area (Å²) in [5, 5.41) is 9.49. The van der Waals surface area contributed by atoms with Crippen LogP contribution in [0.3, 0.4) is 0 Å². The second-order valence-corrected chi connectivity index (χ2v) is 7.23. The highest BCUT2D eigenvalue weighted by molar-refractivity contribution is 14.0. The second kappa shape index (κ2) is 12.4. The molecule has 0 atom stereocenters. The number of nitrogens with zero attached hydrogens (tertiary/aromatic N) is 2. The zero-order valence-electron chi connectivity index (χ0n) is 18.1. The molecule has 168 valence electrons. The molecule has 8 nitrogen and oxygen atoms in total. The minimum Gasteiger partial charge on any atom is -0.454 e. The molecular formula is C22H30IN5O3. The summed E-state index contributed by atoms with van der Waals surface area (Å²) in [6, 6.07) is 13.4. The summed E-state index contributed by atoms with van der Waals surface area (Å²) in [7, 11) is 5.68. The summed E-state index contributed by atoms with van der Waals surface area (Å²) in [4.78, 5) is 18.6. The van der Waals surface area contributed by atoms with Gasteiger partial charge in [-0.2, -0.15) is 0 Å². The van der Waals surface area contributed by atoms with Gasteiger partial charge in [0.15, 0.2) is 17.5 Å². The van der Waals surface area contributed by atoms with E-state index in [0.29, 0.717) is 31.2 Å². The smallest absolute Gasteiger partial charge is 0.251 e. The van der Waals surface area contributed by atoms with Crippen LogP contribution in [-0.2, 0) is 13.1 Å². The normalized spacial score (nSPS) is 12.3. The third-order valence-corrected chi connectivity index (χ3v) is 4.61. The number of likely N-dealkylation sites (N-methyl/N-ethyl adjacent to an activating group) is 1. The number of hydrogen-bond acceptors (Lipinski definition) is 5. The Bertz CT molecular complexity index is 904. The molecule has 1 heterocycles. The van der Waals surface area contributed by atoms with E-state index in [2.05, 4.69) is 20.9 Å². The van der Waals surface area contributed by atoms with Crippen molar-refractivity contribution in [2.45, 2.75) is 13.1 Å². The quantitative estimate of drug-likeness (QED) is 0.271. The molecule has 1 amide bonds. The molecular weight excluding hydrogens is 509 g/mol. The van der Waals surface area contributed by atoms with Crippen molar-refractivity contribution >= 4 is 35.8 Å². The number of guanidine groups is 1. The Morgan fingerprint density at radius 2 is 1.71 bits per heavy atom. The maximum absolute atomic E-state index is 12.3. The molecule has 0 aromatic heterocycles. The van der Waals surface area contributed by atoms with E-state index in [0.717, 1.165) is 29.2 Å². The Morgan fingerprint density at radius 1 is 1.00 bits per heavy atom. The predicted octanol–water partition coefficient (Wildman–Crippen LogP) is 2.19. The molecule has 31 heavy (non-hydrogen) atoms. The van der Waals surface area contributed by atoms with Gasteiger partial charge in [0.25, 0.3) is 5.91 Å². The van der Waals surface area contributed by atoms with Crippen molar-refractivity contribution in [3.63, 3.8) is 0 Å². The second-order valence-electron chi connectivity index (χ2n) is 7.23. The highest BCUT2D eigenvalue weighted by Gasteiger charge is 2.13. The Balaban J connectivity index is 0.00000341. The molecule has 0 aliphatic carbocycles. The number of hydrogen-bond donors (Lipinski definition) is 3. The van der Waals surface area contributed by atoms with Gasteiger partial charge in [-0.05, 0) is 49.5 Å². The summed E-state index contributed by atoms with van der Waals surface area (Å²) in [5.41, 5.74) is 2.72. The van der Waals surface area contributed by atoms with E-state index in [9.17, 15) is 4.79 Å². The molecule has 0 radical (unpaired) electrons. The van der Waals surface area contributed by atoms with Gasteiger partial charge in [-0.3, -0.25) is 9.79 Å². The molecule has 3 rings (SSSR count). The van der Waals surface area contributed by atoms with Crippen molar-refractivity contribution < 1.29 is 14.3 Å². The number of fused-ring (bicyclic) bond motifs is 1. The SMILES string of the molecule is CN=C(NCc1cccc(C(=O)NCCN(C)C)c1)NCc1ccc2c(c1)OCO2.I. The lowest BCUT2D eigenvalue weighted by Crippen LogP contribution is -2.36. The molecule has 2 aromatic carbocycles. The van der Waals surface area contributed by atoms with Crippen LogP contribution in [0.15, 0.2) is 47.5 Å². The fourth-order valence-electron chi connectivity index (χ4n) is 2.96. The van der Waals surface area contributed by atoms with Gasteiger partial charge < -0.3 is 30.3 Å². The first-order valence-corrected chi connectivity index (χ1v) is 9.90. The number of aliphatic imine (C=N–C) groups is 1. The van der Waals surface area contributed by atoms with Gasteiger partial charge in [0.1, 0.15) is 0 Å². The molecule has 1 aliphatic heterocycles. The number of ether oxygens (including phenoxy) is 2. The molecule has 2 aromatic rings. The first-order valence-electron chi connectivity index (χ1n) is 9.90. The molecule has 9 heteroatoms. The molecule has 0 saturated carbocycles. The Hall–Kier alpha value is -2.53. The van der Waals surface area contributed by atoms with E-state index in [1.165, 1.54) is 0 Å². The van der Waals surface area contributed by atoms with Crippen molar-refractivity contribution in [2.75, 3.05) is 41.0 Å². The van der Waals surface area contributed by atoms with Crippen LogP contribution in [0.1, 0.15) is 21.5 Å². The summed E-state index contributed by atoms with van der Waals surface area (Å²) in [5.74, 6) is 2.14. The van der Waals surface area contributed by atoms with Gasteiger partial charge in [-0.1, -0.05) is 18.2 Å². The van der Waals surface area contributed by atoms with Crippen LogP contribution in [0.2, 0.25) is 0 Å². The zero-order chi connectivity index (χ0) is 21.3. The largest absolute Gasteiger partial charge is 0.454 e. The molecule has 0 saturated heterocycles. The molecule has 3 N–H and O–H groups in total. The summed E-state index contributed by atoms with van der Waals surface area (Å²) < 4.78 is 10.8. The van der Waals surface area contributed by atoms with Crippen molar-refractivity contribution in [1.29, 1.82) is 0 Å². The number of benzene rings is 2. The Labute approximate surface area is 200 Å². The van der Waals surface area contributed by atoms with E-state index in [4.69, 9.17) is 9.47 Å². The lowest BCUT2D eigenvalue weighted by Gasteiger charge is -2.13. The maximum Gasteiger partial charge on any atom is 0.251 e. The molecule has 0 unspecified atom stereocenters. The number of rotatable bonds is 8. The summed E-state index contributed by atoms with van der Waals surface area (Å²) >= 11 is 0. The molecule has 0 spiro atoms. The summed E-state index contributed by atoms with van der Waals surface area (Å²) in [6.07, 6.45) is 0. The number of amides is 1. The van der Waals surface area contributed by atoms with Crippen molar-refractivity contribution in [3.05, 3.63) is 59.2 Å². The van der Waals surface area contributed by atoms with Crippen LogP contribution in [0.5, 0.6) is 11.5 Å². The Kier molecular flexibility index (Phi) is 9.86. The molecule has 0 fully saturated rings. The fraction of sp³-hybridized carbons (Fsp3) is 0.364. The highest BCUT2D eigenvalue weighted by Crippen LogP contribution is 2.32. The first-order chi connectivity index (χ1) is 14.5. The number of halogens is 1. The summed E-state index contributed by atoms with van der Waals surface area (Å²) in [6.45, 7) is 2.84. The van der Waals surface area contributed by atoms with Crippen LogP contribution in [0, 0.1) is 0 Å². The topological polar surface area (TPSA) is 87.2 Å². The highest BCUT2D eigenvalue weighted by atomic mass is 127. The number of carbonyl (C=O) groups is 1. The van der Waals surface area contributed by atoms with E-state index >= 15 is 0 Å². The fourth-order valence-corrected chi connectivity index (χ4v) is 2.96. The van der Waals surface area contributed by atoms with Crippen molar-refractivity contribution in [2.24, 2.45) is 4.99 Å². The van der Waals surface area contributed by atoms with Gasteiger partial charge in [0.05, 0.1) is 0 Å². The maximum atomic E-state index is 12.3. The third kappa shape index (κ3) is 7.59. The van der Waals surface area contributed by atoms with E-state index < -0.39 is 0 Å². The average molecular weight is 539 g/mol. The van der Waals surface area contributed by atoms with Gasteiger partial charge in [-0.25, -0.2) is 0 Å². The lowest BCUT2D eigenvalue weighted by molar-refractivity contribution is 0.0951. The van der Waals surface area contributed by atoms with Gasteiger partial charge >= 0.3 is 0 Å². The Morgan fingerprint density at radius 3 is 2.42 bits per heavy atom. The molecule has 1 aliphatic rings. The van der Waals surface area contributed by atoms with Crippen LogP contribution in [0.4, 0.5) is 0 Å². The minimum absolute atomic E-state index is 0. The van der Waals surface area contributed by atoms with Crippen LogP contribution < -0.4 is 25.4 Å². The van der Waals surface area contributed by atoms with Crippen molar-refractivity contribution in [3.8, 4) is 11.5 Å². The van der Waals surface area contributed by atoms with E-state index in [1.54, 1.807) is 7.05 Å². The number of nitrogens with one attached hydrogen (secondary N) is 3. The van der Waals surface area contributed by atoms with Crippen LogP contribution in [-0.4, -0.2) is 57.8 Å². The monoisotopic (exact) mass is 539 g/mol. The van der Waals surface area contributed by atoms with E-state index in [-0.39, 0.29) is 36.7 Å². The van der Waals surface area contributed by atoms with Crippen LogP contribution in [0.25, 0.3) is 0 Å². The third-order valence-electron chi connectivity index (χ3n) is 4.61. The molecule has 0 bridgehead atoms. The predicted molar refractivity (Wildman–Crippen MR) is 132 cm³/mol. The van der Waals surface area contributed by atoms with Gasteiger partial charge in [-0.15, -0.1) is 24.0 Å². The van der Waals surface area contributed by atoms with Gasteiger partial charge in [0.2, 0.25) is 6.79 Å². The number of carbonyl (C=O) groups excluding carboxylic acids is 1. The lowest BCUT2D eigenvalue weighted by atomic mass is 10.1. The van der Waals surface area contributed by atoms with E-state index in [1.807, 2.05) is 61.5 Å². The zero-order valence-corrected chi connectivity index (χ0v) is 20.4.